The molecule has 0 aliphatic rings. The molecule has 0 aliphatic carbocycles. The Bertz CT molecular complexity index is 550. The highest BCUT2D eigenvalue weighted by Gasteiger charge is 2.01. The predicted molar refractivity (Wildman–Crippen MR) is 53.7 cm³/mol. The van der Waals surface area contributed by atoms with E-state index in [1.807, 2.05) is 12.1 Å². The summed E-state index contributed by atoms with van der Waals surface area (Å²) in [7, 11) is 0. The van der Waals surface area contributed by atoms with Crippen LogP contribution in [0.5, 0.6) is 0 Å². The summed E-state index contributed by atoms with van der Waals surface area (Å²) >= 11 is 0. The fourth-order valence-corrected chi connectivity index (χ4v) is 1.52. The average Bonchev–Trinajstić information content (AvgIpc) is 2.88. The summed E-state index contributed by atoms with van der Waals surface area (Å²) in [5.41, 5.74) is 4.14. The van der Waals surface area contributed by atoms with Crippen molar-refractivity contribution in [2.45, 2.75) is 0 Å². The van der Waals surface area contributed by atoms with E-state index in [0.29, 0.717) is 0 Å². The zero-order valence-corrected chi connectivity index (χ0v) is 7.36. The molecule has 14 heavy (non-hydrogen) atoms. The number of rotatable bonds is 1. The van der Waals surface area contributed by atoms with Gasteiger partial charge < -0.3 is 9.97 Å². The molecule has 1 aromatic carbocycles. The van der Waals surface area contributed by atoms with E-state index in [1.54, 1.807) is 18.9 Å². The summed E-state index contributed by atoms with van der Waals surface area (Å²) in [6.45, 7) is 0. The number of aromatic amines is 2. The normalized spacial score (nSPS) is 10.9. The Kier molecular flexibility index (Phi) is 1.41. The van der Waals surface area contributed by atoms with Gasteiger partial charge in [0.2, 0.25) is 0 Å². The van der Waals surface area contributed by atoms with E-state index in [0.717, 1.165) is 22.3 Å². The van der Waals surface area contributed by atoms with Gasteiger partial charge in [-0.25, -0.2) is 9.97 Å². The monoisotopic (exact) mass is 184 g/mol. The van der Waals surface area contributed by atoms with Crippen LogP contribution in [0.2, 0.25) is 0 Å². The van der Waals surface area contributed by atoms with E-state index in [4.69, 9.17) is 0 Å². The first-order valence-electron chi connectivity index (χ1n) is 4.35. The molecule has 0 aliphatic heterocycles. The highest BCUT2D eigenvalue weighted by atomic mass is 14.9. The maximum atomic E-state index is 4.16. The van der Waals surface area contributed by atoms with Crippen LogP contribution in [-0.4, -0.2) is 19.9 Å². The third kappa shape index (κ3) is 1.01. The zero-order valence-electron chi connectivity index (χ0n) is 7.36. The quantitative estimate of drug-likeness (QED) is 0.607. The standard InChI is InChI=1S/C10H8N4/c1-2-8-9(14-6-13-8)3-7(1)10-4-11-5-12-10/h1-6H,(H,11,12)(H,13,14). The Hall–Kier alpha value is -2.10. The number of nitrogens with one attached hydrogen (secondary N) is 2. The van der Waals surface area contributed by atoms with E-state index in [9.17, 15) is 0 Å². The molecule has 0 fully saturated rings. The lowest BCUT2D eigenvalue weighted by Crippen LogP contribution is -1.77. The Balaban J connectivity index is 2.23. The number of aromatic nitrogens is 4. The van der Waals surface area contributed by atoms with Crippen molar-refractivity contribution in [1.82, 2.24) is 19.9 Å². The van der Waals surface area contributed by atoms with Gasteiger partial charge >= 0.3 is 0 Å². The van der Waals surface area contributed by atoms with Crippen LogP contribution in [0.25, 0.3) is 22.3 Å². The van der Waals surface area contributed by atoms with Crippen LogP contribution in [0, 0.1) is 0 Å². The second-order valence-electron chi connectivity index (χ2n) is 3.10. The third-order valence-electron chi connectivity index (χ3n) is 2.23. The summed E-state index contributed by atoms with van der Waals surface area (Å²) in [5, 5.41) is 0. The number of benzene rings is 1. The summed E-state index contributed by atoms with van der Waals surface area (Å²) in [4.78, 5) is 14.3. The minimum Gasteiger partial charge on any atom is -0.345 e. The molecule has 4 heteroatoms. The van der Waals surface area contributed by atoms with Gasteiger partial charge in [-0.2, -0.15) is 0 Å². The Morgan fingerprint density at radius 3 is 2.93 bits per heavy atom. The van der Waals surface area contributed by atoms with Gasteiger partial charge in [-0.3, -0.25) is 0 Å². The topological polar surface area (TPSA) is 57.4 Å². The molecule has 4 nitrogen and oxygen atoms in total. The minimum absolute atomic E-state index is 0.980. The lowest BCUT2D eigenvalue weighted by Gasteiger charge is -1.96. The first-order valence-corrected chi connectivity index (χ1v) is 4.35. The molecular weight excluding hydrogens is 176 g/mol. The maximum Gasteiger partial charge on any atom is 0.0931 e. The first kappa shape index (κ1) is 7.32. The van der Waals surface area contributed by atoms with E-state index in [2.05, 4.69) is 26.0 Å². The van der Waals surface area contributed by atoms with E-state index >= 15 is 0 Å². The molecule has 2 heterocycles. The van der Waals surface area contributed by atoms with Gasteiger partial charge in [0.05, 0.1) is 35.6 Å². The Morgan fingerprint density at radius 2 is 2.07 bits per heavy atom. The molecule has 2 N–H and O–H groups in total. The number of nitrogens with zero attached hydrogens (tertiary/aromatic N) is 2. The van der Waals surface area contributed by atoms with Crippen LogP contribution >= 0.6 is 0 Å². The van der Waals surface area contributed by atoms with E-state index < -0.39 is 0 Å². The van der Waals surface area contributed by atoms with Crippen molar-refractivity contribution in [3.8, 4) is 11.3 Å². The van der Waals surface area contributed by atoms with Gasteiger partial charge in [0.25, 0.3) is 0 Å². The van der Waals surface area contributed by atoms with Crippen LogP contribution < -0.4 is 0 Å². The molecule has 0 bridgehead atoms. The number of fused-ring (bicyclic) bond motifs is 1. The zero-order chi connectivity index (χ0) is 9.38. The van der Waals surface area contributed by atoms with Gasteiger partial charge in [0.15, 0.2) is 0 Å². The summed E-state index contributed by atoms with van der Waals surface area (Å²) in [5.74, 6) is 0. The van der Waals surface area contributed by atoms with Crippen molar-refractivity contribution in [3.05, 3.63) is 37.1 Å². The Labute approximate surface area is 80.0 Å². The second-order valence-corrected chi connectivity index (χ2v) is 3.10. The van der Waals surface area contributed by atoms with Crippen LogP contribution in [0.3, 0.4) is 0 Å². The fourth-order valence-electron chi connectivity index (χ4n) is 1.52. The summed E-state index contributed by atoms with van der Waals surface area (Å²) in [6, 6.07) is 6.06. The third-order valence-corrected chi connectivity index (χ3v) is 2.23. The van der Waals surface area contributed by atoms with Gasteiger partial charge in [-0.15, -0.1) is 0 Å². The Morgan fingerprint density at radius 1 is 1.07 bits per heavy atom. The molecule has 0 amide bonds. The smallest absolute Gasteiger partial charge is 0.0931 e. The van der Waals surface area contributed by atoms with Gasteiger partial charge in [-0.05, 0) is 12.1 Å². The second kappa shape index (κ2) is 2.70. The van der Waals surface area contributed by atoms with Gasteiger partial charge in [0, 0.05) is 5.56 Å². The molecule has 3 rings (SSSR count). The van der Waals surface area contributed by atoms with Crippen molar-refractivity contribution in [2.75, 3.05) is 0 Å². The fraction of sp³-hybridized carbons (Fsp3) is 0. The largest absolute Gasteiger partial charge is 0.345 e. The first-order chi connectivity index (χ1) is 6.93. The molecule has 0 saturated carbocycles. The number of H-pyrrole nitrogens is 2. The molecule has 0 saturated heterocycles. The summed E-state index contributed by atoms with van der Waals surface area (Å²) in [6.07, 6.45) is 5.17. The lowest BCUT2D eigenvalue weighted by atomic mass is 10.1. The molecule has 2 aromatic heterocycles. The maximum absolute atomic E-state index is 4.16. The van der Waals surface area contributed by atoms with Crippen LogP contribution in [0.4, 0.5) is 0 Å². The van der Waals surface area contributed by atoms with Crippen LogP contribution in [0.15, 0.2) is 37.1 Å². The molecule has 0 unspecified atom stereocenters. The van der Waals surface area contributed by atoms with Crippen molar-refractivity contribution >= 4 is 11.0 Å². The van der Waals surface area contributed by atoms with Crippen molar-refractivity contribution in [2.24, 2.45) is 0 Å². The molecule has 0 atom stereocenters. The SMILES string of the molecule is c1ncc(-c2ccc3nc[nH]c3c2)[nH]1. The summed E-state index contributed by atoms with van der Waals surface area (Å²) < 4.78 is 0. The minimum atomic E-state index is 0.980. The van der Waals surface area contributed by atoms with E-state index in [1.165, 1.54) is 0 Å². The number of hydrogen-bond acceptors (Lipinski definition) is 2. The van der Waals surface area contributed by atoms with Crippen molar-refractivity contribution < 1.29 is 0 Å². The average molecular weight is 184 g/mol. The van der Waals surface area contributed by atoms with Crippen LogP contribution in [-0.2, 0) is 0 Å². The molecule has 0 radical (unpaired) electrons. The highest BCUT2D eigenvalue weighted by Crippen LogP contribution is 2.19. The number of imidazole rings is 2. The van der Waals surface area contributed by atoms with Crippen molar-refractivity contribution in [3.63, 3.8) is 0 Å². The van der Waals surface area contributed by atoms with Crippen molar-refractivity contribution in [1.29, 1.82) is 0 Å². The highest BCUT2D eigenvalue weighted by molar-refractivity contribution is 5.80. The van der Waals surface area contributed by atoms with Gasteiger partial charge in [-0.1, -0.05) is 6.07 Å². The van der Waals surface area contributed by atoms with E-state index in [-0.39, 0.29) is 0 Å². The molecular formula is C10H8N4. The van der Waals surface area contributed by atoms with Gasteiger partial charge in [0.1, 0.15) is 0 Å². The number of hydrogen-bond donors (Lipinski definition) is 2. The molecule has 3 aromatic rings. The molecule has 0 spiro atoms. The van der Waals surface area contributed by atoms with Crippen LogP contribution in [0.1, 0.15) is 0 Å². The molecule has 68 valence electrons. The lowest BCUT2D eigenvalue weighted by molar-refractivity contribution is 1.31. The predicted octanol–water partition coefficient (Wildman–Crippen LogP) is 1.95.